The summed E-state index contributed by atoms with van der Waals surface area (Å²) < 4.78 is 0. The van der Waals surface area contributed by atoms with E-state index in [1.807, 2.05) is 39.9 Å². The van der Waals surface area contributed by atoms with Crippen molar-refractivity contribution in [3.63, 3.8) is 0 Å². The zero-order valence-electron chi connectivity index (χ0n) is 15.0. The van der Waals surface area contributed by atoms with Crippen LogP contribution in [0.4, 0.5) is 4.79 Å². The average Bonchev–Trinajstić information content (AvgIpc) is 3.27. The average molecular weight is 341 g/mol. The van der Waals surface area contributed by atoms with Crippen LogP contribution in [-0.2, 0) is 4.79 Å². The minimum Gasteiger partial charge on any atom is -0.339 e. The van der Waals surface area contributed by atoms with E-state index >= 15 is 0 Å². The highest BCUT2D eigenvalue weighted by Crippen LogP contribution is 2.44. The Labute approximate surface area is 149 Å². The van der Waals surface area contributed by atoms with Crippen molar-refractivity contribution in [1.82, 2.24) is 14.7 Å². The first-order valence-electron chi connectivity index (χ1n) is 9.47. The number of hydrogen-bond acceptors (Lipinski definition) is 2. The van der Waals surface area contributed by atoms with Crippen LogP contribution in [-0.4, -0.2) is 65.4 Å². The highest BCUT2D eigenvalue weighted by molar-refractivity contribution is 5.87. The molecule has 25 heavy (non-hydrogen) atoms. The van der Waals surface area contributed by atoms with Gasteiger partial charge in [-0.15, -0.1) is 0 Å². The Balaban J connectivity index is 1.45. The van der Waals surface area contributed by atoms with E-state index in [0.717, 1.165) is 63.8 Å². The van der Waals surface area contributed by atoms with E-state index in [2.05, 4.69) is 12.1 Å². The molecule has 0 N–H and O–H groups in total. The Bertz CT molecular complexity index is 646. The number of benzene rings is 1. The number of amides is 3. The van der Waals surface area contributed by atoms with E-state index in [1.165, 1.54) is 0 Å². The molecule has 0 aromatic heterocycles. The van der Waals surface area contributed by atoms with Crippen molar-refractivity contribution >= 4 is 11.9 Å². The fourth-order valence-electron chi connectivity index (χ4n) is 4.78. The van der Waals surface area contributed by atoms with Gasteiger partial charge in [-0.05, 0) is 37.7 Å². The molecule has 1 spiro atoms. The normalized spacial score (nSPS) is 25.9. The molecule has 1 aromatic carbocycles. The van der Waals surface area contributed by atoms with Gasteiger partial charge in [0, 0.05) is 38.8 Å². The smallest absolute Gasteiger partial charge is 0.320 e. The number of nitrogens with zero attached hydrogens (tertiary/aromatic N) is 3. The van der Waals surface area contributed by atoms with E-state index in [4.69, 9.17) is 0 Å². The number of likely N-dealkylation sites (N-methyl/N-ethyl adjacent to an activating group) is 1. The van der Waals surface area contributed by atoms with Gasteiger partial charge in [0.15, 0.2) is 0 Å². The van der Waals surface area contributed by atoms with Crippen LogP contribution in [0, 0.1) is 0 Å². The van der Waals surface area contributed by atoms with Gasteiger partial charge in [-0.2, -0.15) is 0 Å². The number of piperidine rings is 1. The van der Waals surface area contributed by atoms with Crippen LogP contribution in [0.3, 0.4) is 0 Å². The van der Waals surface area contributed by atoms with Crippen molar-refractivity contribution in [1.29, 1.82) is 0 Å². The fourth-order valence-corrected chi connectivity index (χ4v) is 4.78. The molecule has 5 heteroatoms. The Morgan fingerprint density at radius 3 is 2.24 bits per heavy atom. The van der Waals surface area contributed by atoms with Crippen molar-refractivity contribution in [2.75, 3.05) is 33.2 Å². The highest BCUT2D eigenvalue weighted by Gasteiger charge is 2.51. The maximum absolute atomic E-state index is 12.8. The summed E-state index contributed by atoms with van der Waals surface area (Å²) in [4.78, 5) is 31.4. The van der Waals surface area contributed by atoms with Crippen LogP contribution in [0.25, 0.3) is 0 Å². The van der Waals surface area contributed by atoms with E-state index in [0.29, 0.717) is 0 Å². The predicted molar refractivity (Wildman–Crippen MR) is 96.3 cm³/mol. The third kappa shape index (κ3) is 2.79. The number of carbonyl (C=O) groups excluding carboxylic acids is 2. The number of rotatable bonds is 1. The predicted octanol–water partition coefficient (Wildman–Crippen LogP) is 2.68. The molecule has 3 aliphatic rings. The fraction of sp³-hybridized carbons (Fsp3) is 0.600. The molecular formula is C20H27N3O2. The van der Waals surface area contributed by atoms with Gasteiger partial charge in [-0.1, -0.05) is 30.3 Å². The minimum atomic E-state index is -0.0839. The molecule has 134 valence electrons. The first-order chi connectivity index (χ1) is 12.1. The molecule has 1 atom stereocenters. The summed E-state index contributed by atoms with van der Waals surface area (Å²) in [5, 5.41) is 0. The summed E-state index contributed by atoms with van der Waals surface area (Å²) in [5.41, 5.74) is 1.03. The van der Waals surface area contributed by atoms with E-state index in [9.17, 15) is 9.59 Å². The van der Waals surface area contributed by atoms with Gasteiger partial charge in [0.2, 0.25) is 5.91 Å². The van der Waals surface area contributed by atoms with E-state index < -0.39 is 0 Å². The van der Waals surface area contributed by atoms with Gasteiger partial charge in [-0.3, -0.25) is 4.79 Å². The summed E-state index contributed by atoms with van der Waals surface area (Å²) in [6.07, 6.45) is 4.90. The molecule has 0 saturated carbocycles. The summed E-state index contributed by atoms with van der Waals surface area (Å²) in [5.74, 6) is 0.192. The molecule has 3 saturated heterocycles. The third-order valence-corrected chi connectivity index (χ3v) is 6.47. The molecule has 3 amide bonds. The van der Waals surface area contributed by atoms with Crippen LogP contribution in [0.15, 0.2) is 30.3 Å². The lowest BCUT2D eigenvalue weighted by Crippen LogP contribution is -2.54. The molecule has 0 aliphatic carbocycles. The lowest BCUT2D eigenvalue weighted by atomic mass is 9.81. The second-order valence-corrected chi connectivity index (χ2v) is 7.75. The lowest BCUT2D eigenvalue weighted by Gasteiger charge is -2.44. The van der Waals surface area contributed by atoms with Gasteiger partial charge in [0.05, 0.1) is 5.92 Å². The highest BCUT2D eigenvalue weighted by atomic mass is 16.2. The first-order valence-corrected chi connectivity index (χ1v) is 9.47. The summed E-state index contributed by atoms with van der Waals surface area (Å²) >= 11 is 0. The van der Waals surface area contributed by atoms with Gasteiger partial charge >= 0.3 is 6.03 Å². The second-order valence-electron chi connectivity index (χ2n) is 7.75. The number of likely N-dealkylation sites (tertiary alicyclic amines) is 3. The lowest BCUT2D eigenvalue weighted by molar-refractivity contribution is -0.131. The summed E-state index contributed by atoms with van der Waals surface area (Å²) in [6, 6.07) is 10.3. The Hall–Kier alpha value is -2.04. The zero-order valence-corrected chi connectivity index (χ0v) is 15.0. The number of hydrogen-bond donors (Lipinski definition) is 0. The largest absolute Gasteiger partial charge is 0.339 e. The molecule has 1 unspecified atom stereocenters. The van der Waals surface area contributed by atoms with E-state index in [1.54, 1.807) is 0 Å². The first kappa shape index (κ1) is 16.4. The summed E-state index contributed by atoms with van der Waals surface area (Å²) in [7, 11) is 1.95. The Morgan fingerprint density at radius 2 is 1.60 bits per heavy atom. The van der Waals surface area contributed by atoms with Gasteiger partial charge in [-0.25, -0.2) is 4.79 Å². The van der Waals surface area contributed by atoms with Gasteiger partial charge in [0.25, 0.3) is 0 Å². The van der Waals surface area contributed by atoms with E-state index in [-0.39, 0.29) is 23.4 Å². The molecule has 1 aromatic rings. The zero-order chi connectivity index (χ0) is 17.4. The van der Waals surface area contributed by atoms with Crippen LogP contribution in [0.5, 0.6) is 0 Å². The van der Waals surface area contributed by atoms with Crippen LogP contribution in [0.2, 0.25) is 0 Å². The molecule has 0 radical (unpaired) electrons. The van der Waals surface area contributed by atoms with Crippen molar-refractivity contribution in [3.05, 3.63) is 35.9 Å². The van der Waals surface area contributed by atoms with Crippen molar-refractivity contribution < 1.29 is 9.59 Å². The maximum Gasteiger partial charge on any atom is 0.320 e. The minimum absolute atomic E-state index is 0.0352. The number of carbonyl (C=O) groups is 2. The topological polar surface area (TPSA) is 43.9 Å². The maximum atomic E-state index is 12.8. The van der Waals surface area contributed by atoms with Crippen LogP contribution >= 0.6 is 0 Å². The standard InChI is InChI=1S/C20H27N3O2/c1-21-18(24)17(16-7-3-2-4-8-16)15-20(21)9-13-23(14-10-20)19(25)22-11-5-6-12-22/h2-4,7-8,17H,5-6,9-15H2,1H3. The quantitative estimate of drug-likeness (QED) is 0.788. The SMILES string of the molecule is CN1C(=O)C(c2ccccc2)CC12CCN(C(=O)N1CCCC1)CC2. The van der Waals surface area contributed by atoms with Crippen molar-refractivity contribution in [2.45, 2.75) is 43.6 Å². The van der Waals surface area contributed by atoms with Crippen molar-refractivity contribution in [3.8, 4) is 0 Å². The molecule has 5 nitrogen and oxygen atoms in total. The van der Waals surface area contributed by atoms with Crippen LogP contribution < -0.4 is 0 Å². The van der Waals surface area contributed by atoms with Crippen LogP contribution in [0.1, 0.15) is 43.6 Å². The Morgan fingerprint density at radius 1 is 1.00 bits per heavy atom. The van der Waals surface area contributed by atoms with Crippen molar-refractivity contribution in [2.24, 2.45) is 0 Å². The summed E-state index contributed by atoms with van der Waals surface area (Å²) in [6.45, 7) is 3.31. The Kier molecular flexibility index (Phi) is 4.18. The second kappa shape index (κ2) is 6.36. The van der Waals surface area contributed by atoms with Gasteiger partial charge in [0.1, 0.15) is 0 Å². The molecule has 3 aliphatic heterocycles. The monoisotopic (exact) mass is 341 g/mol. The molecule has 4 rings (SSSR count). The third-order valence-electron chi connectivity index (χ3n) is 6.47. The molecular weight excluding hydrogens is 314 g/mol. The molecule has 0 bridgehead atoms. The molecule has 3 fully saturated rings. The molecule has 3 heterocycles. The van der Waals surface area contributed by atoms with Gasteiger partial charge < -0.3 is 14.7 Å². The number of urea groups is 1.